The molecule has 1 aliphatic rings. The summed E-state index contributed by atoms with van der Waals surface area (Å²) in [7, 11) is -6.97. The van der Waals surface area contributed by atoms with Crippen molar-refractivity contribution in [3.05, 3.63) is 23.8 Å². The van der Waals surface area contributed by atoms with Crippen LogP contribution in [-0.4, -0.2) is 41.1 Å². The summed E-state index contributed by atoms with van der Waals surface area (Å²) in [6, 6.07) is 5.25. The van der Waals surface area contributed by atoms with E-state index in [0.717, 1.165) is 11.8 Å². The van der Waals surface area contributed by atoms with Crippen LogP contribution in [0.15, 0.2) is 18.2 Å². The van der Waals surface area contributed by atoms with Crippen LogP contribution in [-0.2, 0) is 26.3 Å². The van der Waals surface area contributed by atoms with Gasteiger partial charge in [0.2, 0.25) is 10.0 Å². The number of hydrogen-bond donors (Lipinski definition) is 1. The molecule has 106 valence electrons. The number of nitrogen functional groups attached to an aromatic ring is 1. The third-order valence-electron chi connectivity index (χ3n) is 3.03. The molecule has 2 rings (SSSR count). The molecule has 1 heterocycles. The molecule has 0 atom stereocenters. The third kappa shape index (κ3) is 3.01. The lowest BCUT2D eigenvalue weighted by atomic mass is 10.1. The maximum absolute atomic E-state index is 12.2. The quantitative estimate of drug-likeness (QED) is 0.790. The number of anilines is 2. The minimum absolute atomic E-state index is 0.315. The van der Waals surface area contributed by atoms with Crippen molar-refractivity contribution in [1.82, 2.24) is 0 Å². The molecule has 19 heavy (non-hydrogen) atoms. The van der Waals surface area contributed by atoms with E-state index in [4.69, 9.17) is 5.73 Å². The second kappa shape index (κ2) is 4.68. The Morgan fingerprint density at radius 3 is 2.53 bits per heavy atom. The van der Waals surface area contributed by atoms with Gasteiger partial charge in [-0.25, -0.2) is 16.8 Å². The first kappa shape index (κ1) is 14.1. The van der Waals surface area contributed by atoms with Crippen molar-refractivity contribution < 1.29 is 16.8 Å². The molecular weight excluding hydrogens is 288 g/mol. The van der Waals surface area contributed by atoms with Gasteiger partial charge in [0.15, 0.2) is 0 Å². The van der Waals surface area contributed by atoms with Gasteiger partial charge in [-0.15, -0.1) is 0 Å². The summed E-state index contributed by atoms with van der Waals surface area (Å²) < 4.78 is 47.8. The minimum Gasteiger partial charge on any atom is -0.397 e. The van der Waals surface area contributed by atoms with Crippen molar-refractivity contribution in [2.24, 2.45) is 0 Å². The minimum atomic E-state index is -3.65. The topological polar surface area (TPSA) is 97.5 Å². The molecule has 6 nitrogen and oxygen atoms in total. The van der Waals surface area contributed by atoms with Gasteiger partial charge >= 0.3 is 0 Å². The maximum Gasteiger partial charge on any atom is 0.236 e. The maximum atomic E-state index is 12.2. The predicted octanol–water partition coefficient (Wildman–Crippen LogP) is 0.00570. The van der Waals surface area contributed by atoms with Crippen LogP contribution >= 0.6 is 0 Å². The fourth-order valence-electron chi connectivity index (χ4n) is 2.10. The lowest BCUT2D eigenvalue weighted by molar-refractivity contribution is 0.587. The highest BCUT2D eigenvalue weighted by molar-refractivity contribution is 7.95. The van der Waals surface area contributed by atoms with Gasteiger partial charge in [-0.05, 0) is 18.1 Å². The van der Waals surface area contributed by atoms with Crippen molar-refractivity contribution in [1.29, 1.82) is 0 Å². The second-order valence-corrected chi connectivity index (χ2v) is 8.90. The molecule has 0 spiro atoms. The third-order valence-corrected chi connectivity index (χ3v) is 5.99. The molecule has 0 aliphatic carbocycles. The first-order chi connectivity index (χ1) is 8.71. The molecule has 1 aliphatic heterocycles. The highest BCUT2D eigenvalue weighted by Crippen LogP contribution is 2.35. The zero-order valence-electron chi connectivity index (χ0n) is 10.5. The number of fused-ring (bicyclic) bond motifs is 1. The summed E-state index contributed by atoms with van der Waals surface area (Å²) in [4.78, 5) is 0. The van der Waals surface area contributed by atoms with Crippen molar-refractivity contribution in [3.8, 4) is 0 Å². The molecular formula is C11H16N2O4S2. The van der Waals surface area contributed by atoms with Crippen molar-refractivity contribution in [2.45, 2.75) is 6.42 Å². The fraction of sp³-hybridized carbons (Fsp3) is 0.455. The second-order valence-electron chi connectivity index (χ2n) is 4.62. The summed E-state index contributed by atoms with van der Waals surface area (Å²) in [5.74, 6) is -0.798. The highest BCUT2D eigenvalue weighted by Gasteiger charge is 2.31. The van der Waals surface area contributed by atoms with Crippen molar-refractivity contribution in [3.63, 3.8) is 0 Å². The Kier molecular flexibility index (Phi) is 3.48. The number of hydrogen-bond acceptors (Lipinski definition) is 5. The lowest BCUT2D eigenvalue weighted by Crippen LogP contribution is -2.34. The molecule has 0 radical (unpaired) electrons. The van der Waals surface area contributed by atoms with Crippen LogP contribution in [0.5, 0.6) is 0 Å². The van der Waals surface area contributed by atoms with Crippen LogP contribution in [0.4, 0.5) is 11.4 Å². The van der Waals surface area contributed by atoms with Gasteiger partial charge in [0.25, 0.3) is 0 Å². The summed E-state index contributed by atoms with van der Waals surface area (Å²) in [6.45, 7) is 0.315. The fourth-order valence-corrected chi connectivity index (χ4v) is 5.24. The van der Waals surface area contributed by atoms with Gasteiger partial charge in [0.05, 0.1) is 22.9 Å². The Morgan fingerprint density at radius 1 is 1.21 bits per heavy atom. The van der Waals surface area contributed by atoms with Gasteiger partial charge in [-0.1, -0.05) is 12.1 Å². The zero-order valence-corrected chi connectivity index (χ0v) is 12.2. The predicted molar refractivity (Wildman–Crippen MR) is 75.4 cm³/mol. The van der Waals surface area contributed by atoms with Gasteiger partial charge in [0, 0.05) is 12.8 Å². The monoisotopic (exact) mass is 304 g/mol. The first-order valence-electron chi connectivity index (χ1n) is 5.76. The Morgan fingerprint density at radius 2 is 1.89 bits per heavy atom. The van der Waals surface area contributed by atoms with E-state index in [1.54, 1.807) is 12.1 Å². The summed E-state index contributed by atoms with van der Waals surface area (Å²) in [5, 5.41) is 0. The van der Waals surface area contributed by atoms with Gasteiger partial charge in [-0.3, -0.25) is 4.31 Å². The zero-order chi connectivity index (χ0) is 14.3. The SMILES string of the molecule is CS(=O)(=O)CCS(=O)(=O)N1CCc2cccc(N)c21. The Labute approximate surface area is 113 Å². The lowest BCUT2D eigenvalue weighted by Gasteiger charge is -2.20. The molecule has 1 aromatic carbocycles. The van der Waals surface area contributed by atoms with Crippen molar-refractivity contribution in [2.75, 3.05) is 34.3 Å². The standard InChI is InChI=1S/C11H16N2O4S2/c1-18(14,15)7-8-19(16,17)13-6-5-9-3-2-4-10(12)11(9)13/h2-4H,5-8,12H2,1H3. The molecule has 0 unspecified atom stereocenters. The summed E-state index contributed by atoms with van der Waals surface area (Å²) in [6.07, 6.45) is 1.62. The van der Waals surface area contributed by atoms with E-state index in [9.17, 15) is 16.8 Å². The number of sulfone groups is 1. The van der Waals surface area contributed by atoms with Crippen molar-refractivity contribution >= 4 is 31.2 Å². The van der Waals surface area contributed by atoms with Crippen LogP contribution in [0.3, 0.4) is 0 Å². The van der Waals surface area contributed by atoms with E-state index >= 15 is 0 Å². The van der Waals surface area contributed by atoms with Gasteiger partial charge in [-0.2, -0.15) is 0 Å². The van der Waals surface area contributed by atoms with E-state index in [0.29, 0.717) is 24.3 Å². The largest absolute Gasteiger partial charge is 0.397 e. The molecule has 0 amide bonds. The van der Waals surface area contributed by atoms with Crippen LogP contribution in [0.1, 0.15) is 5.56 Å². The van der Waals surface area contributed by atoms with Gasteiger partial charge < -0.3 is 5.73 Å². The molecule has 0 aromatic heterocycles. The van der Waals surface area contributed by atoms with E-state index in [-0.39, 0.29) is 5.75 Å². The summed E-state index contributed by atoms with van der Waals surface area (Å²) in [5.41, 5.74) is 7.59. The Balaban J connectivity index is 2.31. The molecule has 1 aromatic rings. The Bertz CT molecular complexity index is 695. The molecule has 0 bridgehead atoms. The number of benzene rings is 1. The normalized spacial score (nSPS) is 15.5. The van der Waals surface area contributed by atoms with Crippen LogP contribution in [0.25, 0.3) is 0 Å². The van der Waals surface area contributed by atoms with Gasteiger partial charge in [0.1, 0.15) is 9.84 Å². The van der Waals surface area contributed by atoms with E-state index in [2.05, 4.69) is 0 Å². The highest BCUT2D eigenvalue weighted by atomic mass is 32.2. The first-order valence-corrected chi connectivity index (χ1v) is 9.43. The number of rotatable bonds is 4. The van der Waals surface area contributed by atoms with E-state index in [1.165, 1.54) is 4.31 Å². The number of sulfonamides is 1. The Hall–Kier alpha value is -1.28. The van der Waals surface area contributed by atoms with Crippen LogP contribution < -0.4 is 10.0 Å². The molecule has 0 saturated heterocycles. The average molecular weight is 304 g/mol. The van der Waals surface area contributed by atoms with Crippen LogP contribution in [0, 0.1) is 0 Å². The molecule has 0 fully saturated rings. The van der Waals surface area contributed by atoms with Crippen LogP contribution in [0.2, 0.25) is 0 Å². The molecule has 0 saturated carbocycles. The number of para-hydroxylation sites is 1. The summed E-state index contributed by atoms with van der Waals surface area (Å²) >= 11 is 0. The average Bonchev–Trinajstić information content (AvgIpc) is 2.72. The molecule has 8 heteroatoms. The number of nitrogens with zero attached hydrogens (tertiary/aromatic N) is 1. The van der Waals surface area contributed by atoms with E-state index < -0.39 is 25.6 Å². The smallest absolute Gasteiger partial charge is 0.236 e. The molecule has 2 N–H and O–H groups in total. The van der Waals surface area contributed by atoms with E-state index in [1.807, 2.05) is 6.07 Å². The number of nitrogens with two attached hydrogens (primary N) is 1.